The van der Waals surface area contributed by atoms with Gasteiger partial charge in [-0.25, -0.2) is 4.98 Å². The summed E-state index contributed by atoms with van der Waals surface area (Å²) in [5.74, 6) is 0. The van der Waals surface area contributed by atoms with Crippen LogP contribution in [0.1, 0.15) is 32.0 Å². The highest BCUT2D eigenvalue weighted by molar-refractivity contribution is 5.07. The van der Waals surface area contributed by atoms with Crippen LogP contribution in [0.5, 0.6) is 0 Å². The molecule has 102 valence electrons. The number of rotatable bonds is 5. The van der Waals surface area contributed by atoms with Crippen LogP contribution in [0.3, 0.4) is 0 Å². The van der Waals surface area contributed by atoms with Crippen molar-refractivity contribution in [3.05, 3.63) is 18.2 Å². The molecule has 0 aliphatic carbocycles. The fourth-order valence-corrected chi connectivity index (χ4v) is 2.62. The number of nitrogens with zero attached hydrogens (tertiary/aromatic N) is 3. The van der Waals surface area contributed by atoms with E-state index >= 15 is 0 Å². The van der Waals surface area contributed by atoms with E-state index < -0.39 is 0 Å². The third-order valence-electron chi connectivity index (χ3n) is 3.49. The molecule has 2 rings (SSSR count). The first-order chi connectivity index (χ1) is 8.76. The van der Waals surface area contributed by atoms with Crippen LogP contribution in [-0.4, -0.2) is 46.8 Å². The second kappa shape index (κ2) is 6.31. The van der Waals surface area contributed by atoms with Crippen molar-refractivity contribution in [2.45, 2.75) is 39.0 Å². The molecule has 1 saturated heterocycles. The topological polar surface area (TPSA) is 56.3 Å². The highest BCUT2D eigenvalue weighted by Gasteiger charge is 2.26. The first kappa shape index (κ1) is 13.5. The maximum atomic E-state index is 5.98. The van der Waals surface area contributed by atoms with Crippen molar-refractivity contribution >= 4 is 0 Å². The Balaban J connectivity index is 2.13. The van der Waals surface area contributed by atoms with Crippen molar-refractivity contribution in [2.24, 2.45) is 5.73 Å². The third-order valence-corrected chi connectivity index (χ3v) is 3.49. The van der Waals surface area contributed by atoms with E-state index in [1.54, 1.807) is 0 Å². The first-order valence-electron chi connectivity index (χ1n) is 6.82. The summed E-state index contributed by atoms with van der Waals surface area (Å²) in [6, 6.07) is 0.255. The second-order valence-electron chi connectivity index (χ2n) is 4.94. The SMILES string of the molecule is CCCn1cncc1C(CN)N1CCOC(C)C1. The summed E-state index contributed by atoms with van der Waals surface area (Å²) in [5, 5.41) is 0. The number of morpholine rings is 1. The van der Waals surface area contributed by atoms with Crippen molar-refractivity contribution in [1.82, 2.24) is 14.5 Å². The van der Waals surface area contributed by atoms with Gasteiger partial charge >= 0.3 is 0 Å². The predicted molar refractivity (Wildman–Crippen MR) is 71.3 cm³/mol. The van der Waals surface area contributed by atoms with Gasteiger partial charge in [0.25, 0.3) is 0 Å². The van der Waals surface area contributed by atoms with Gasteiger partial charge < -0.3 is 15.0 Å². The molecule has 2 N–H and O–H groups in total. The van der Waals surface area contributed by atoms with Gasteiger partial charge in [0.05, 0.1) is 30.8 Å². The van der Waals surface area contributed by atoms with Crippen LogP contribution in [0, 0.1) is 0 Å². The quantitative estimate of drug-likeness (QED) is 0.850. The smallest absolute Gasteiger partial charge is 0.0948 e. The Morgan fingerprint density at radius 3 is 3.11 bits per heavy atom. The number of hydrogen-bond donors (Lipinski definition) is 1. The van der Waals surface area contributed by atoms with Crippen LogP contribution in [0.4, 0.5) is 0 Å². The Kier molecular flexibility index (Phi) is 4.74. The largest absolute Gasteiger partial charge is 0.376 e. The molecule has 1 aromatic rings. The molecule has 0 aromatic carbocycles. The van der Waals surface area contributed by atoms with Gasteiger partial charge in [0.15, 0.2) is 0 Å². The van der Waals surface area contributed by atoms with Gasteiger partial charge in [0.1, 0.15) is 0 Å². The van der Waals surface area contributed by atoms with Gasteiger partial charge in [-0.2, -0.15) is 0 Å². The average molecular weight is 252 g/mol. The van der Waals surface area contributed by atoms with Gasteiger partial charge in [-0.1, -0.05) is 6.92 Å². The van der Waals surface area contributed by atoms with E-state index in [4.69, 9.17) is 10.5 Å². The van der Waals surface area contributed by atoms with E-state index in [9.17, 15) is 0 Å². The van der Waals surface area contributed by atoms with E-state index in [0.29, 0.717) is 6.54 Å². The standard InChI is InChI=1S/C13H24N4O/c1-3-4-17-10-15-8-13(17)12(7-14)16-5-6-18-11(2)9-16/h8,10-12H,3-7,9,14H2,1-2H3. The summed E-state index contributed by atoms with van der Waals surface area (Å²) in [4.78, 5) is 6.69. The normalized spacial score (nSPS) is 23.2. The maximum Gasteiger partial charge on any atom is 0.0948 e. The Bertz CT molecular complexity index is 366. The van der Waals surface area contributed by atoms with E-state index in [1.165, 1.54) is 5.69 Å². The molecular formula is C13H24N4O. The molecule has 0 bridgehead atoms. The minimum atomic E-state index is 0.255. The van der Waals surface area contributed by atoms with Crippen molar-refractivity contribution in [3.63, 3.8) is 0 Å². The second-order valence-corrected chi connectivity index (χ2v) is 4.94. The number of aryl methyl sites for hydroxylation is 1. The molecule has 0 radical (unpaired) electrons. The lowest BCUT2D eigenvalue weighted by molar-refractivity contribution is -0.0343. The van der Waals surface area contributed by atoms with Gasteiger partial charge in [-0.3, -0.25) is 4.90 Å². The molecule has 5 heteroatoms. The zero-order valence-electron chi connectivity index (χ0n) is 11.4. The Morgan fingerprint density at radius 2 is 2.44 bits per heavy atom. The number of hydrogen-bond acceptors (Lipinski definition) is 4. The summed E-state index contributed by atoms with van der Waals surface area (Å²) in [7, 11) is 0. The van der Waals surface area contributed by atoms with Gasteiger partial charge in [0, 0.05) is 32.4 Å². The van der Waals surface area contributed by atoms with Crippen molar-refractivity contribution < 1.29 is 4.74 Å². The number of aromatic nitrogens is 2. The number of imidazole rings is 1. The molecule has 2 atom stereocenters. The Hall–Kier alpha value is -0.910. The van der Waals surface area contributed by atoms with Crippen molar-refractivity contribution in [1.29, 1.82) is 0 Å². The van der Waals surface area contributed by atoms with Crippen molar-refractivity contribution in [2.75, 3.05) is 26.2 Å². The molecule has 1 aliphatic rings. The summed E-state index contributed by atoms with van der Waals surface area (Å²) < 4.78 is 7.81. The average Bonchev–Trinajstić information content (AvgIpc) is 2.79. The fraction of sp³-hybridized carbons (Fsp3) is 0.769. The van der Waals surface area contributed by atoms with Crippen LogP contribution in [0.15, 0.2) is 12.5 Å². The third kappa shape index (κ3) is 2.91. The van der Waals surface area contributed by atoms with Gasteiger partial charge in [-0.05, 0) is 13.3 Å². The summed E-state index contributed by atoms with van der Waals surface area (Å²) in [6.45, 7) is 8.61. The Labute approximate surface area is 109 Å². The molecule has 2 unspecified atom stereocenters. The zero-order chi connectivity index (χ0) is 13.0. The molecule has 1 aliphatic heterocycles. The molecule has 0 spiro atoms. The molecular weight excluding hydrogens is 228 g/mol. The lowest BCUT2D eigenvalue weighted by Crippen LogP contribution is -2.45. The summed E-state index contributed by atoms with van der Waals surface area (Å²) >= 11 is 0. The predicted octanol–water partition coefficient (Wildman–Crippen LogP) is 1.01. The van der Waals surface area contributed by atoms with Crippen LogP contribution in [0.25, 0.3) is 0 Å². The monoisotopic (exact) mass is 252 g/mol. The summed E-state index contributed by atoms with van der Waals surface area (Å²) in [5.41, 5.74) is 7.21. The highest BCUT2D eigenvalue weighted by Crippen LogP contribution is 2.22. The van der Waals surface area contributed by atoms with Gasteiger partial charge in [0.2, 0.25) is 0 Å². The van der Waals surface area contributed by atoms with Crippen LogP contribution >= 0.6 is 0 Å². The van der Waals surface area contributed by atoms with E-state index in [0.717, 1.165) is 32.7 Å². The fourth-order valence-electron chi connectivity index (χ4n) is 2.62. The zero-order valence-corrected chi connectivity index (χ0v) is 11.4. The number of nitrogens with two attached hydrogens (primary N) is 1. The molecule has 0 saturated carbocycles. The van der Waals surface area contributed by atoms with Crippen LogP contribution in [-0.2, 0) is 11.3 Å². The molecule has 0 amide bonds. The molecule has 1 fully saturated rings. The van der Waals surface area contributed by atoms with E-state index in [-0.39, 0.29) is 12.1 Å². The molecule has 1 aromatic heterocycles. The first-order valence-corrected chi connectivity index (χ1v) is 6.82. The highest BCUT2D eigenvalue weighted by atomic mass is 16.5. The Morgan fingerprint density at radius 1 is 1.61 bits per heavy atom. The van der Waals surface area contributed by atoms with Crippen molar-refractivity contribution in [3.8, 4) is 0 Å². The summed E-state index contributed by atoms with van der Waals surface area (Å²) in [6.07, 6.45) is 5.26. The lowest BCUT2D eigenvalue weighted by Gasteiger charge is -2.36. The maximum absolute atomic E-state index is 5.98. The van der Waals surface area contributed by atoms with Crippen LogP contribution < -0.4 is 5.73 Å². The molecule has 18 heavy (non-hydrogen) atoms. The minimum absolute atomic E-state index is 0.255. The number of ether oxygens (including phenoxy) is 1. The van der Waals surface area contributed by atoms with E-state index in [2.05, 4.69) is 28.3 Å². The molecule has 5 nitrogen and oxygen atoms in total. The van der Waals surface area contributed by atoms with E-state index in [1.807, 2.05) is 12.5 Å². The van der Waals surface area contributed by atoms with Gasteiger partial charge in [-0.15, -0.1) is 0 Å². The molecule has 2 heterocycles. The van der Waals surface area contributed by atoms with Crippen LogP contribution in [0.2, 0.25) is 0 Å². The minimum Gasteiger partial charge on any atom is -0.376 e. The lowest BCUT2D eigenvalue weighted by atomic mass is 10.1.